The highest BCUT2D eigenvalue weighted by Crippen LogP contribution is 2.38. The molecule has 0 radical (unpaired) electrons. The molecule has 0 amide bonds. The highest BCUT2D eigenvalue weighted by Gasteiger charge is 2.09. The lowest BCUT2D eigenvalue weighted by Gasteiger charge is -2.01. The van der Waals surface area contributed by atoms with Crippen LogP contribution in [0, 0.1) is 13.8 Å². The van der Waals surface area contributed by atoms with Gasteiger partial charge in [0.05, 0.1) is 0 Å². The molecule has 0 aliphatic heterocycles. The quantitative estimate of drug-likeness (QED) is 0.383. The summed E-state index contributed by atoms with van der Waals surface area (Å²) in [6, 6.07) is 21.9. The largest absolute Gasteiger partial charge is 0.135 e. The van der Waals surface area contributed by atoms with Crippen LogP contribution < -0.4 is 0 Å². The lowest BCUT2D eigenvalue weighted by atomic mass is 10.0. The third-order valence-electron chi connectivity index (χ3n) is 4.27. The van der Waals surface area contributed by atoms with Crippen molar-refractivity contribution in [3.63, 3.8) is 0 Å². The smallest absolute Gasteiger partial charge is 0.0387 e. The number of hydrogen-bond donors (Lipinski definition) is 0. The van der Waals surface area contributed by atoms with E-state index in [1.807, 2.05) is 11.3 Å². The Hall–Kier alpha value is -2.12. The molecule has 0 spiro atoms. The lowest BCUT2D eigenvalue weighted by Crippen LogP contribution is -1.79. The molecule has 3 aromatic carbocycles. The number of fused-ring (bicyclic) bond motifs is 3. The van der Waals surface area contributed by atoms with Crippen LogP contribution in [-0.4, -0.2) is 0 Å². The molecule has 1 aromatic heterocycles. The third-order valence-corrected chi connectivity index (χ3v) is 5.56. The first kappa shape index (κ1) is 12.6. The first-order valence-corrected chi connectivity index (χ1v) is 8.03. The Labute approximate surface area is 128 Å². The molecule has 0 aliphatic carbocycles. The zero-order chi connectivity index (χ0) is 14.4. The van der Waals surface area contributed by atoms with Crippen LogP contribution in [0.15, 0.2) is 60.7 Å². The van der Waals surface area contributed by atoms with Gasteiger partial charge in [-0.1, -0.05) is 54.6 Å². The Morgan fingerprint density at radius 3 is 2.29 bits per heavy atom. The lowest BCUT2D eigenvalue weighted by molar-refractivity contribution is 1.39. The van der Waals surface area contributed by atoms with Crippen molar-refractivity contribution in [1.29, 1.82) is 0 Å². The van der Waals surface area contributed by atoms with Gasteiger partial charge in [0, 0.05) is 20.2 Å². The van der Waals surface area contributed by atoms with Gasteiger partial charge in [0.2, 0.25) is 0 Å². The second kappa shape index (κ2) is 4.71. The number of thiophene rings is 1. The van der Waals surface area contributed by atoms with E-state index in [9.17, 15) is 0 Å². The van der Waals surface area contributed by atoms with Gasteiger partial charge in [0.15, 0.2) is 0 Å². The minimum absolute atomic E-state index is 1.28. The second-order valence-corrected chi connectivity index (χ2v) is 6.62. The van der Waals surface area contributed by atoms with Gasteiger partial charge in [-0.05, 0) is 42.2 Å². The van der Waals surface area contributed by atoms with E-state index < -0.39 is 0 Å². The fraction of sp³-hybridized carbons (Fsp3) is 0.100. The first-order valence-electron chi connectivity index (χ1n) is 7.22. The standard InChI is InChI=1S/C20H16S/c1-13-8-10-18-17-11-9-16(15-6-4-3-5-7-15)12-19(17)21-20(18)14(13)2/h3-12H,1-2H3. The molecule has 0 saturated heterocycles. The summed E-state index contributed by atoms with van der Waals surface area (Å²) in [7, 11) is 0. The van der Waals surface area contributed by atoms with Crippen molar-refractivity contribution in [2.75, 3.05) is 0 Å². The summed E-state index contributed by atoms with van der Waals surface area (Å²) in [5.41, 5.74) is 5.36. The SMILES string of the molecule is Cc1ccc2c(sc3cc(-c4ccccc4)ccc32)c1C. The fourth-order valence-electron chi connectivity index (χ4n) is 2.88. The molecule has 0 N–H and O–H groups in total. The van der Waals surface area contributed by atoms with Crippen molar-refractivity contribution in [2.24, 2.45) is 0 Å². The normalized spacial score (nSPS) is 11.3. The molecule has 1 heteroatoms. The summed E-state index contributed by atoms with van der Waals surface area (Å²) in [6.45, 7) is 4.42. The van der Waals surface area contributed by atoms with Crippen molar-refractivity contribution in [1.82, 2.24) is 0 Å². The zero-order valence-electron chi connectivity index (χ0n) is 12.2. The van der Waals surface area contributed by atoms with Gasteiger partial charge in [0.1, 0.15) is 0 Å². The molecule has 4 rings (SSSR count). The Balaban J connectivity index is 2.01. The Bertz CT molecular complexity index is 946. The number of benzene rings is 3. The van der Waals surface area contributed by atoms with Crippen molar-refractivity contribution in [3.8, 4) is 11.1 Å². The van der Waals surface area contributed by atoms with E-state index in [2.05, 4.69) is 74.5 Å². The molecular weight excluding hydrogens is 272 g/mol. The summed E-state index contributed by atoms with van der Waals surface area (Å²) in [4.78, 5) is 0. The van der Waals surface area contributed by atoms with Crippen molar-refractivity contribution < 1.29 is 0 Å². The fourth-order valence-corrected chi connectivity index (χ4v) is 4.18. The monoisotopic (exact) mass is 288 g/mol. The van der Waals surface area contributed by atoms with Crippen LogP contribution in [0.1, 0.15) is 11.1 Å². The molecule has 0 saturated carbocycles. The minimum Gasteiger partial charge on any atom is -0.135 e. The predicted molar refractivity (Wildman–Crippen MR) is 94.2 cm³/mol. The van der Waals surface area contributed by atoms with Gasteiger partial charge in [-0.2, -0.15) is 0 Å². The van der Waals surface area contributed by atoms with Crippen LogP contribution in [0.25, 0.3) is 31.3 Å². The molecule has 102 valence electrons. The number of rotatable bonds is 1. The van der Waals surface area contributed by atoms with Crippen LogP contribution in [0.2, 0.25) is 0 Å². The summed E-state index contributed by atoms with van der Waals surface area (Å²) >= 11 is 1.91. The summed E-state index contributed by atoms with van der Waals surface area (Å²) < 4.78 is 2.80. The van der Waals surface area contributed by atoms with Gasteiger partial charge < -0.3 is 0 Å². The number of aryl methyl sites for hydroxylation is 2. The summed E-state index contributed by atoms with van der Waals surface area (Å²) in [5, 5.41) is 2.76. The van der Waals surface area contributed by atoms with Crippen LogP contribution in [0.5, 0.6) is 0 Å². The average Bonchev–Trinajstić information content (AvgIpc) is 2.90. The van der Waals surface area contributed by atoms with Gasteiger partial charge in [0.25, 0.3) is 0 Å². The van der Waals surface area contributed by atoms with Crippen LogP contribution >= 0.6 is 11.3 Å². The first-order chi connectivity index (χ1) is 10.2. The van der Waals surface area contributed by atoms with E-state index in [-0.39, 0.29) is 0 Å². The zero-order valence-corrected chi connectivity index (χ0v) is 13.0. The van der Waals surface area contributed by atoms with E-state index in [0.29, 0.717) is 0 Å². The van der Waals surface area contributed by atoms with Crippen LogP contribution in [0.3, 0.4) is 0 Å². The van der Waals surface area contributed by atoms with Crippen molar-refractivity contribution in [2.45, 2.75) is 13.8 Å². The summed E-state index contributed by atoms with van der Waals surface area (Å²) in [6.07, 6.45) is 0. The van der Waals surface area contributed by atoms with Crippen molar-refractivity contribution >= 4 is 31.5 Å². The molecule has 0 nitrogen and oxygen atoms in total. The maximum atomic E-state index is 2.32. The molecule has 21 heavy (non-hydrogen) atoms. The molecular formula is C20H16S. The molecule has 0 aliphatic rings. The van der Waals surface area contributed by atoms with Crippen molar-refractivity contribution in [3.05, 3.63) is 71.8 Å². The van der Waals surface area contributed by atoms with Crippen LogP contribution in [0.4, 0.5) is 0 Å². The van der Waals surface area contributed by atoms with Gasteiger partial charge in [-0.3, -0.25) is 0 Å². The third kappa shape index (κ3) is 1.97. The maximum Gasteiger partial charge on any atom is 0.0387 e. The molecule has 0 bridgehead atoms. The molecule has 0 fully saturated rings. The molecule has 1 heterocycles. The van der Waals surface area contributed by atoms with E-state index in [0.717, 1.165) is 0 Å². The molecule has 0 atom stereocenters. The number of hydrogen-bond acceptors (Lipinski definition) is 1. The van der Waals surface area contributed by atoms with E-state index in [1.54, 1.807) is 0 Å². The van der Waals surface area contributed by atoms with Gasteiger partial charge >= 0.3 is 0 Å². The topological polar surface area (TPSA) is 0 Å². The summed E-state index contributed by atoms with van der Waals surface area (Å²) in [5.74, 6) is 0. The Kier molecular flexibility index (Phi) is 2.83. The maximum absolute atomic E-state index is 2.32. The van der Waals surface area contributed by atoms with E-state index in [1.165, 1.54) is 42.4 Å². The average molecular weight is 288 g/mol. The van der Waals surface area contributed by atoms with Crippen LogP contribution in [-0.2, 0) is 0 Å². The second-order valence-electron chi connectivity index (χ2n) is 5.56. The Morgan fingerprint density at radius 2 is 1.48 bits per heavy atom. The highest BCUT2D eigenvalue weighted by molar-refractivity contribution is 7.26. The van der Waals surface area contributed by atoms with E-state index >= 15 is 0 Å². The molecule has 0 unspecified atom stereocenters. The highest BCUT2D eigenvalue weighted by atomic mass is 32.1. The van der Waals surface area contributed by atoms with Gasteiger partial charge in [-0.15, -0.1) is 11.3 Å². The minimum atomic E-state index is 1.28. The molecule has 4 aromatic rings. The van der Waals surface area contributed by atoms with E-state index in [4.69, 9.17) is 0 Å². The Morgan fingerprint density at radius 1 is 0.714 bits per heavy atom. The van der Waals surface area contributed by atoms with Gasteiger partial charge in [-0.25, -0.2) is 0 Å². The predicted octanol–water partition coefficient (Wildman–Crippen LogP) is 6.34.